The lowest BCUT2D eigenvalue weighted by molar-refractivity contribution is -0.146. The van der Waals surface area contributed by atoms with Crippen molar-refractivity contribution >= 4 is 5.97 Å². The molecule has 0 aliphatic heterocycles. The standard InChI is InChI=1S/C14H20FNO2/c1-9(2)18-13(17)8-16-7-12-5-10(3)14(15)11(4)6-12/h5-6,9,16H,7-8H2,1-4H3. The lowest BCUT2D eigenvalue weighted by atomic mass is 10.1. The third-order valence-electron chi connectivity index (χ3n) is 2.46. The van der Waals surface area contributed by atoms with Gasteiger partial charge in [-0.3, -0.25) is 4.79 Å². The highest BCUT2D eigenvalue weighted by atomic mass is 19.1. The lowest BCUT2D eigenvalue weighted by Gasteiger charge is -2.10. The number of nitrogens with one attached hydrogen (secondary N) is 1. The second kappa shape index (κ2) is 6.50. The third-order valence-corrected chi connectivity index (χ3v) is 2.46. The minimum Gasteiger partial charge on any atom is -0.462 e. The number of aryl methyl sites for hydroxylation is 2. The van der Waals surface area contributed by atoms with E-state index in [4.69, 9.17) is 4.74 Å². The summed E-state index contributed by atoms with van der Waals surface area (Å²) in [7, 11) is 0. The van der Waals surface area contributed by atoms with Crippen molar-refractivity contribution in [2.24, 2.45) is 0 Å². The number of hydrogen-bond donors (Lipinski definition) is 1. The van der Waals surface area contributed by atoms with Gasteiger partial charge in [0.2, 0.25) is 0 Å². The summed E-state index contributed by atoms with van der Waals surface area (Å²) < 4.78 is 18.4. The Morgan fingerprint density at radius 1 is 1.33 bits per heavy atom. The summed E-state index contributed by atoms with van der Waals surface area (Å²) in [4.78, 5) is 11.3. The van der Waals surface area contributed by atoms with Crippen molar-refractivity contribution in [3.8, 4) is 0 Å². The van der Waals surface area contributed by atoms with Crippen LogP contribution in [-0.4, -0.2) is 18.6 Å². The highest BCUT2D eigenvalue weighted by Gasteiger charge is 2.06. The molecule has 1 N–H and O–H groups in total. The van der Waals surface area contributed by atoms with Crippen molar-refractivity contribution < 1.29 is 13.9 Å². The first-order valence-electron chi connectivity index (χ1n) is 6.06. The molecule has 1 rings (SSSR count). The van der Waals surface area contributed by atoms with Gasteiger partial charge in [0.25, 0.3) is 0 Å². The summed E-state index contributed by atoms with van der Waals surface area (Å²) in [5, 5.41) is 2.98. The van der Waals surface area contributed by atoms with Gasteiger partial charge in [-0.2, -0.15) is 0 Å². The first-order chi connectivity index (χ1) is 8.40. The predicted octanol–water partition coefficient (Wildman–Crippen LogP) is 2.48. The predicted molar refractivity (Wildman–Crippen MR) is 68.8 cm³/mol. The van der Waals surface area contributed by atoms with Crippen LogP contribution in [0.2, 0.25) is 0 Å². The fraction of sp³-hybridized carbons (Fsp3) is 0.500. The molecule has 0 atom stereocenters. The quantitative estimate of drug-likeness (QED) is 0.819. The summed E-state index contributed by atoms with van der Waals surface area (Å²) in [6.07, 6.45) is -0.102. The maximum atomic E-state index is 13.4. The van der Waals surface area contributed by atoms with E-state index in [1.54, 1.807) is 26.0 Å². The van der Waals surface area contributed by atoms with Crippen molar-refractivity contribution in [3.05, 3.63) is 34.6 Å². The minimum absolute atomic E-state index is 0.102. The van der Waals surface area contributed by atoms with Crippen LogP contribution < -0.4 is 5.32 Å². The Morgan fingerprint density at radius 2 is 1.89 bits per heavy atom. The highest BCUT2D eigenvalue weighted by Crippen LogP contribution is 2.14. The number of esters is 1. The van der Waals surface area contributed by atoms with E-state index in [0.29, 0.717) is 17.7 Å². The van der Waals surface area contributed by atoms with Gasteiger partial charge in [0, 0.05) is 6.54 Å². The van der Waals surface area contributed by atoms with Crippen molar-refractivity contribution in [1.29, 1.82) is 0 Å². The SMILES string of the molecule is Cc1cc(CNCC(=O)OC(C)C)cc(C)c1F. The Hall–Kier alpha value is -1.42. The van der Waals surface area contributed by atoms with Gasteiger partial charge in [-0.05, 0) is 44.4 Å². The Labute approximate surface area is 107 Å². The van der Waals surface area contributed by atoms with E-state index in [9.17, 15) is 9.18 Å². The van der Waals surface area contributed by atoms with E-state index in [1.807, 2.05) is 13.8 Å². The number of hydrogen-bond acceptors (Lipinski definition) is 3. The Balaban J connectivity index is 2.47. The fourth-order valence-corrected chi connectivity index (χ4v) is 1.75. The summed E-state index contributed by atoms with van der Waals surface area (Å²) in [6, 6.07) is 3.56. The molecule has 100 valence electrons. The largest absolute Gasteiger partial charge is 0.462 e. The molecule has 0 saturated heterocycles. The highest BCUT2D eigenvalue weighted by molar-refractivity contribution is 5.71. The monoisotopic (exact) mass is 253 g/mol. The van der Waals surface area contributed by atoms with Gasteiger partial charge in [0.1, 0.15) is 5.82 Å². The number of ether oxygens (including phenoxy) is 1. The van der Waals surface area contributed by atoms with Gasteiger partial charge in [0.15, 0.2) is 0 Å². The third kappa shape index (κ3) is 4.45. The van der Waals surface area contributed by atoms with Crippen LogP contribution in [-0.2, 0) is 16.1 Å². The van der Waals surface area contributed by atoms with Crippen molar-refractivity contribution in [1.82, 2.24) is 5.32 Å². The van der Waals surface area contributed by atoms with Gasteiger partial charge < -0.3 is 10.1 Å². The molecule has 3 nitrogen and oxygen atoms in total. The van der Waals surface area contributed by atoms with Crippen LogP contribution in [0.1, 0.15) is 30.5 Å². The molecule has 18 heavy (non-hydrogen) atoms. The summed E-state index contributed by atoms with van der Waals surface area (Å²) in [6.45, 7) is 7.77. The molecule has 0 saturated carbocycles. The average Bonchev–Trinajstić information content (AvgIpc) is 2.24. The van der Waals surface area contributed by atoms with Gasteiger partial charge in [-0.1, -0.05) is 12.1 Å². The zero-order chi connectivity index (χ0) is 13.7. The zero-order valence-corrected chi connectivity index (χ0v) is 11.3. The number of carbonyl (C=O) groups excluding carboxylic acids is 1. The van der Waals surface area contributed by atoms with Crippen LogP contribution in [0.15, 0.2) is 12.1 Å². The van der Waals surface area contributed by atoms with Crippen LogP contribution in [0.3, 0.4) is 0 Å². The molecule has 0 spiro atoms. The van der Waals surface area contributed by atoms with Crippen molar-refractivity contribution in [2.45, 2.75) is 40.3 Å². The normalized spacial score (nSPS) is 10.8. The number of carbonyl (C=O) groups is 1. The summed E-state index contributed by atoms with van der Waals surface area (Å²) in [5.41, 5.74) is 2.21. The molecule has 0 unspecified atom stereocenters. The smallest absolute Gasteiger partial charge is 0.320 e. The minimum atomic E-state index is -0.277. The zero-order valence-electron chi connectivity index (χ0n) is 11.3. The molecule has 1 aromatic rings. The van der Waals surface area contributed by atoms with E-state index in [2.05, 4.69) is 5.32 Å². The molecular weight excluding hydrogens is 233 g/mol. The van der Waals surface area contributed by atoms with Crippen LogP contribution in [0.25, 0.3) is 0 Å². The fourth-order valence-electron chi connectivity index (χ4n) is 1.75. The Bertz CT molecular complexity index is 407. The van der Waals surface area contributed by atoms with Crippen LogP contribution in [0.5, 0.6) is 0 Å². The van der Waals surface area contributed by atoms with E-state index < -0.39 is 0 Å². The maximum absolute atomic E-state index is 13.4. The molecule has 0 aromatic heterocycles. The number of benzene rings is 1. The molecule has 4 heteroatoms. The van der Waals surface area contributed by atoms with Crippen molar-refractivity contribution in [2.75, 3.05) is 6.54 Å². The van der Waals surface area contributed by atoms with Crippen LogP contribution in [0, 0.1) is 19.7 Å². The molecule has 0 bridgehead atoms. The second-order valence-electron chi connectivity index (χ2n) is 4.69. The molecule has 0 aliphatic rings. The van der Waals surface area contributed by atoms with Gasteiger partial charge >= 0.3 is 5.97 Å². The molecule has 0 heterocycles. The summed E-state index contributed by atoms with van der Waals surface area (Å²) in [5.74, 6) is -0.446. The van der Waals surface area contributed by atoms with Crippen molar-refractivity contribution in [3.63, 3.8) is 0 Å². The summed E-state index contributed by atoms with van der Waals surface area (Å²) >= 11 is 0. The van der Waals surface area contributed by atoms with Gasteiger partial charge in [0.05, 0.1) is 12.6 Å². The van der Waals surface area contributed by atoms with E-state index in [0.717, 1.165) is 5.56 Å². The molecule has 1 aromatic carbocycles. The second-order valence-corrected chi connectivity index (χ2v) is 4.69. The lowest BCUT2D eigenvalue weighted by Crippen LogP contribution is -2.26. The molecule has 0 radical (unpaired) electrons. The molecular formula is C14H20FNO2. The number of halogens is 1. The van der Waals surface area contributed by atoms with Gasteiger partial charge in [-0.15, -0.1) is 0 Å². The van der Waals surface area contributed by atoms with Crippen LogP contribution in [0.4, 0.5) is 4.39 Å². The Kier molecular flexibility index (Phi) is 5.28. The first-order valence-corrected chi connectivity index (χ1v) is 6.06. The van der Waals surface area contributed by atoms with E-state index in [-0.39, 0.29) is 24.4 Å². The van der Waals surface area contributed by atoms with Crippen LogP contribution >= 0.6 is 0 Å². The average molecular weight is 253 g/mol. The maximum Gasteiger partial charge on any atom is 0.320 e. The Morgan fingerprint density at radius 3 is 2.39 bits per heavy atom. The van der Waals surface area contributed by atoms with E-state index in [1.165, 1.54) is 0 Å². The van der Waals surface area contributed by atoms with Gasteiger partial charge in [-0.25, -0.2) is 4.39 Å². The van der Waals surface area contributed by atoms with E-state index >= 15 is 0 Å². The molecule has 0 fully saturated rings. The number of rotatable bonds is 5. The first kappa shape index (κ1) is 14.6. The molecule has 0 aliphatic carbocycles. The topological polar surface area (TPSA) is 38.3 Å². The molecule has 0 amide bonds.